The van der Waals surface area contributed by atoms with E-state index in [0.29, 0.717) is 0 Å². The van der Waals surface area contributed by atoms with Gasteiger partial charge in [0.15, 0.2) is 0 Å². The van der Waals surface area contributed by atoms with Crippen LogP contribution in [0.15, 0.2) is 12.2 Å². The number of allylic oxidation sites excluding steroid dienone is 1. The number of hydrogen-bond donors (Lipinski definition) is 0. The van der Waals surface area contributed by atoms with Crippen LogP contribution in [0, 0.1) is 11.8 Å². The Kier molecular flexibility index (Phi) is 2.53. The lowest BCUT2D eigenvalue weighted by Crippen LogP contribution is -2.13. The first-order valence-corrected chi connectivity index (χ1v) is 4.35. The van der Waals surface area contributed by atoms with Crippen molar-refractivity contribution in [2.45, 2.75) is 39.5 Å². The van der Waals surface area contributed by atoms with E-state index in [1.54, 1.807) is 0 Å². The van der Waals surface area contributed by atoms with Gasteiger partial charge in [-0.05, 0) is 31.6 Å². The van der Waals surface area contributed by atoms with Gasteiger partial charge in [0.1, 0.15) is 0 Å². The van der Waals surface area contributed by atoms with E-state index in [1.807, 2.05) is 0 Å². The second-order valence-corrected chi connectivity index (χ2v) is 3.82. The minimum atomic E-state index is 0.837. The molecule has 10 heavy (non-hydrogen) atoms. The summed E-state index contributed by atoms with van der Waals surface area (Å²) in [4.78, 5) is 0. The van der Waals surface area contributed by atoms with Gasteiger partial charge < -0.3 is 0 Å². The molecule has 0 heteroatoms. The zero-order chi connectivity index (χ0) is 7.56. The normalized spacial score (nSPS) is 33.8. The van der Waals surface area contributed by atoms with E-state index in [0.717, 1.165) is 11.8 Å². The van der Waals surface area contributed by atoms with E-state index in [2.05, 4.69) is 20.4 Å². The fourth-order valence-corrected chi connectivity index (χ4v) is 1.88. The van der Waals surface area contributed by atoms with Crippen molar-refractivity contribution in [2.75, 3.05) is 0 Å². The molecule has 58 valence electrons. The van der Waals surface area contributed by atoms with Crippen LogP contribution in [0.3, 0.4) is 0 Å². The highest BCUT2D eigenvalue weighted by Crippen LogP contribution is 2.32. The fraction of sp³-hybridized carbons (Fsp3) is 0.800. The van der Waals surface area contributed by atoms with Crippen molar-refractivity contribution in [3.63, 3.8) is 0 Å². The molecule has 1 aliphatic carbocycles. The van der Waals surface area contributed by atoms with Crippen LogP contribution in [0.1, 0.15) is 39.5 Å². The molecule has 1 saturated carbocycles. The molecule has 2 atom stereocenters. The molecule has 0 N–H and O–H groups in total. The Labute approximate surface area is 64.3 Å². The lowest BCUT2D eigenvalue weighted by molar-refractivity contribution is 0.315. The molecule has 0 bridgehead atoms. The third-order valence-electron chi connectivity index (χ3n) is 2.63. The van der Waals surface area contributed by atoms with Gasteiger partial charge in [0.05, 0.1) is 0 Å². The Morgan fingerprint density at radius 1 is 1.40 bits per heavy atom. The Hall–Kier alpha value is -0.260. The van der Waals surface area contributed by atoms with Gasteiger partial charge in [-0.15, -0.1) is 0 Å². The predicted octanol–water partition coefficient (Wildman–Crippen LogP) is 3.39. The summed E-state index contributed by atoms with van der Waals surface area (Å²) in [6, 6.07) is 0. The van der Waals surface area contributed by atoms with Gasteiger partial charge in [-0.25, -0.2) is 0 Å². The van der Waals surface area contributed by atoms with Crippen molar-refractivity contribution in [2.24, 2.45) is 11.8 Å². The predicted molar refractivity (Wildman–Crippen MR) is 45.9 cm³/mol. The molecule has 1 aliphatic rings. The van der Waals surface area contributed by atoms with E-state index >= 15 is 0 Å². The molecule has 0 heterocycles. The molecule has 0 saturated heterocycles. The van der Waals surface area contributed by atoms with Crippen molar-refractivity contribution in [3.8, 4) is 0 Å². The van der Waals surface area contributed by atoms with Gasteiger partial charge in [0.2, 0.25) is 0 Å². The smallest absolute Gasteiger partial charge is 0.0206 e. The highest BCUT2D eigenvalue weighted by atomic mass is 14.2. The number of rotatable bonds is 1. The van der Waals surface area contributed by atoms with Crippen LogP contribution in [0.4, 0.5) is 0 Å². The summed E-state index contributed by atoms with van der Waals surface area (Å²) in [6.07, 6.45) is 5.62. The van der Waals surface area contributed by atoms with Crippen LogP contribution >= 0.6 is 0 Å². The van der Waals surface area contributed by atoms with E-state index in [1.165, 1.54) is 31.3 Å². The summed E-state index contributed by atoms with van der Waals surface area (Å²) < 4.78 is 0. The minimum Gasteiger partial charge on any atom is -0.0999 e. The molecule has 0 aromatic rings. The van der Waals surface area contributed by atoms with Gasteiger partial charge in [0.25, 0.3) is 0 Å². The summed E-state index contributed by atoms with van der Waals surface area (Å²) in [5.74, 6) is 1.78. The molecular weight excluding hydrogens is 120 g/mol. The Morgan fingerprint density at radius 2 is 2.10 bits per heavy atom. The molecule has 0 aromatic heterocycles. The van der Waals surface area contributed by atoms with Crippen molar-refractivity contribution in [3.05, 3.63) is 12.2 Å². The second kappa shape index (κ2) is 3.23. The van der Waals surface area contributed by atoms with Gasteiger partial charge in [0, 0.05) is 0 Å². The summed E-state index contributed by atoms with van der Waals surface area (Å²) in [5.41, 5.74) is 1.39. The van der Waals surface area contributed by atoms with Crippen molar-refractivity contribution >= 4 is 0 Å². The summed E-state index contributed by atoms with van der Waals surface area (Å²) in [5, 5.41) is 0. The summed E-state index contributed by atoms with van der Waals surface area (Å²) >= 11 is 0. The van der Waals surface area contributed by atoms with Crippen LogP contribution in [0.2, 0.25) is 0 Å². The van der Waals surface area contributed by atoms with E-state index in [4.69, 9.17) is 0 Å². The minimum absolute atomic E-state index is 0.837. The monoisotopic (exact) mass is 138 g/mol. The SMILES string of the molecule is C=C(C)C1CCCC(C)C1. The van der Waals surface area contributed by atoms with Crippen LogP contribution in [-0.4, -0.2) is 0 Å². The van der Waals surface area contributed by atoms with E-state index < -0.39 is 0 Å². The molecule has 2 unspecified atom stereocenters. The van der Waals surface area contributed by atoms with Crippen LogP contribution in [0.25, 0.3) is 0 Å². The van der Waals surface area contributed by atoms with Crippen LogP contribution < -0.4 is 0 Å². The molecule has 0 radical (unpaired) electrons. The molecular formula is C10H18. The van der Waals surface area contributed by atoms with Gasteiger partial charge in [-0.2, -0.15) is 0 Å². The average molecular weight is 138 g/mol. The maximum atomic E-state index is 4.01. The van der Waals surface area contributed by atoms with Gasteiger partial charge >= 0.3 is 0 Å². The fourth-order valence-electron chi connectivity index (χ4n) is 1.88. The summed E-state index contributed by atoms with van der Waals surface area (Å²) in [7, 11) is 0. The van der Waals surface area contributed by atoms with Crippen molar-refractivity contribution in [1.29, 1.82) is 0 Å². The molecule has 0 spiro atoms. The van der Waals surface area contributed by atoms with Crippen LogP contribution in [0.5, 0.6) is 0 Å². The molecule has 1 fully saturated rings. The van der Waals surface area contributed by atoms with E-state index in [-0.39, 0.29) is 0 Å². The second-order valence-electron chi connectivity index (χ2n) is 3.82. The lowest BCUT2D eigenvalue weighted by atomic mass is 9.79. The highest BCUT2D eigenvalue weighted by Gasteiger charge is 2.18. The molecule has 0 aromatic carbocycles. The van der Waals surface area contributed by atoms with Crippen molar-refractivity contribution < 1.29 is 0 Å². The lowest BCUT2D eigenvalue weighted by Gasteiger charge is -2.26. The molecule has 0 amide bonds. The first-order chi connectivity index (χ1) is 4.70. The first kappa shape index (κ1) is 7.84. The zero-order valence-electron chi connectivity index (χ0n) is 7.19. The number of hydrogen-bond acceptors (Lipinski definition) is 0. The average Bonchev–Trinajstić information content (AvgIpc) is 1.88. The zero-order valence-corrected chi connectivity index (χ0v) is 7.19. The standard InChI is InChI=1S/C10H18/c1-8(2)10-6-4-5-9(3)7-10/h9-10H,1,4-7H2,2-3H3. The Morgan fingerprint density at radius 3 is 2.50 bits per heavy atom. The maximum absolute atomic E-state index is 4.01. The molecule has 0 aliphatic heterocycles. The summed E-state index contributed by atoms with van der Waals surface area (Å²) in [6.45, 7) is 8.54. The third kappa shape index (κ3) is 1.86. The van der Waals surface area contributed by atoms with E-state index in [9.17, 15) is 0 Å². The highest BCUT2D eigenvalue weighted by molar-refractivity contribution is 4.97. The quantitative estimate of drug-likeness (QED) is 0.487. The topological polar surface area (TPSA) is 0 Å². The Bertz CT molecular complexity index is 124. The first-order valence-electron chi connectivity index (χ1n) is 4.35. The van der Waals surface area contributed by atoms with Gasteiger partial charge in [-0.3, -0.25) is 0 Å². The van der Waals surface area contributed by atoms with Crippen LogP contribution in [-0.2, 0) is 0 Å². The van der Waals surface area contributed by atoms with Gasteiger partial charge in [-0.1, -0.05) is 31.9 Å². The largest absolute Gasteiger partial charge is 0.0999 e. The van der Waals surface area contributed by atoms with Crippen molar-refractivity contribution in [1.82, 2.24) is 0 Å². The maximum Gasteiger partial charge on any atom is -0.0206 e. The Balaban J connectivity index is 2.39. The molecule has 0 nitrogen and oxygen atoms in total. The third-order valence-corrected chi connectivity index (χ3v) is 2.63. The molecule has 1 rings (SSSR count).